The molecule has 0 aliphatic carbocycles. The van der Waals surface area contributed by atoms with Gasteiger partial charge in [-0.1, -0.05) is 37.9 Å². The molecule has 1 fully saturated rings. The van der Waals surface area contributed by atoms with Crippen LogP contribution in [0.3, 0.4) is 0 Å². The van der Waals surface area contributed by atoms with Crippen LogP contribution in [0.2, 0.25) is 0 Å². The van der Waals surface area contributed by atoms with Gasteiger partial charge < -0.3 is 9.47 Å². The van der Waals surface area contributed by atoms with Crippen LogP contribution in [-0.2, 0) is 4.74 Å². The van der Waals surface area contributed by atoms with Crippen molar-refractivity contribution in [3.05, 3.63) is 28.2 Å². The Bertz CT molecular complexity index is 409. The second-order valence-corrected chi connectivity index (χ2v) is 6.50. The second kappa shape index (κ2) is 6.40. The summed E-state index contributed by atoms with van der Waals surface area (Å²) in [4.78, 5) is 0.326. The topological polar surface area (TPSA) is 18.5 Å². The fourth-order valence-electron chi connectivity index (χ4n) is 2.30. The molecule has 1 aromatic rings. The molecule has 1 heterocycles. The van der Waals surface area contributed by atoms with Gasteiger partial charge in [0.15, 0.2) is 0 Å². The first-order chi connectivity index (χ1) is 8.61. The van der Waals surface area contributed by atoms with E-state index in [1.165, 1.54) is 5.56 Å². The average Bonchev–Trinajstić information content (AvgIpc) is 2.76. The van der Waals surface area contributed by atoms with Crippen LogP contribution in [0.5, 0.6) is 5.75 Å². The van der Waals surface area contributed by atoms with Crippen LogP contribution in [0, 0.1) is 5.92 Å². The van der Waals surface area contributed by atoms with Gasteiger partial charge in [-0.3, -0.25) is 0 Å². The van der Waals surface area contributed by atoms with E-state index < -0.39 is 0 Å². The Morgan fingerprint density at radius 3 is 2.83 bits per heavy atom. The van der Waals surface area contributed by atoms with Crippen molar-refractivity contribution in [1.82, 2.24) is 0 Å². The smallest absolute Gasteiger partial charge is 0.120 e. The Morgan fingerprint density at radius 1 is 1.50 bits per heavy atom. The number of halogens is 2. The normalized spacial score (nSPS) is 25.1. The molecule has 3 atom stereocenters. The van der Waals surface area contributed by atoms with Crippen molar-refractivity contribution in [2.75, 3.05) is 13.2 Å². The first kappa shape index (κ1) is 14.4. The van der Waals surface area contributed by atoms with Crippen LogP contribution in [-0.4, -0.2) is 19.3 Å². The van der Waals surface area contributed by atoms with E-state index >= 15 is 0 Å². The molecule has 18 heavy (non-hydrogen) atoms. The largest absolute Gasteiger partial charge is 0.494 e. The summed E-state index contributed by atoms with van der Waals surface area (Å²) in [6.45, 7) is 5.65. The lowest BCUT2D eigenvalue weighted by Gasteiger charge is -2.18. The van der Waals surface area contributed by atoms with E-state index in [1.54, 1.807) is 0 Å². The van der Waals surface area contributed by atoms with Gasteiger partial charge in [-0.25, -0.2) is 0 Å². The number of rotatable bonds is 4. The lowest BCUT2D eigenvalue weighted by atomic mass is 9.97. The first-order valence-corrected chi connectivity index (χ1v) is 8.00. The van der Waals surface area contributed by atoms with Gasteiger partial charge in [0.25, 0.3) is 0 Å². The van der Waals surface area contributed by atoms with Gasteiger partial charge in [0.1, 0.15) is 5.75 Å². The molecular weight excluding hydrogens is 360 g/mol. The summed E-state index contributed by atoms with van der Waals surface area (Å²) in [6, 6.07) is 6.18. The summed E-state index contributed by atoms with van der Waals surface area (Å²) in [5, 5.41) is 0. The van der Waals surface area contributed by atoms with Crippen LogP contribution in [0.4, 0.5) is 0 Å². The Labute approximate surface area is 125 Å². The summed E-state index contributed by atoms with van der Waals surface area (Å²) >= 11 is 7.43. The maximum Gasteiger partial charge on any atom is 0.120 e. The van der Waals surface area contributed by atoms with E-state index in [9.17, 15) is 0 Å². The molecule has 0 aromatic heterocycles. The summed E-state index contributed by atoms with van der Waals surface area (Å²) in [7, 11) is 0. The number of hydrogen-bond acceptors (Lipinski definition) is 2. The molecule has 2 nitrogen and oxygen atoms in total. The Balaban J connectivity index is 2.12. The van der Waals surface area contributed by atoms with Crippen LogP contribution >= 0.6 is 31.9 Å². The van der Waals surface area contributed by atoms with Crippen molar-refractivity contribution in [1.29, 1.82) is 0 Å². The molecule has 0 bridgehead atoms. The van der Waals surface area contributed by atoms with E-state index in [0.29, 0.717) is 23.5 Å². The van der Waals surface area contributed by atoms with Gasteiger partial charge in [0, 0.05) is 15.2 Å². The predicted molar refractivity (Wildman–Crippen MR) is 80.5 cm³/mol. The Hall–Kier alpha value is -0.0600. The lowest BCUT2D eigenvalue weighted by molar-refractivity contribution is 0.120. The van der Waals surface area contributed by atoms with Gasteiger partial charge in [0.2, 0.25) is 0 Å². The molecule has 1 aliphatic heterocycles. The molecule has 1 aromatic carbocycles. The third-order valence-electron chi connectivity index (χ3n) is 3.22. The van der Waals surface area contributed by atoms with Crippen molar-refractivity contribution in [3.63, 3.8) is 0 Å². The molecule has 2 rings (SSSR count). The standard InChI is InChI=1S/C14H18Br2O2/c1-3-17-11-4-5-12(13(15)7-11)14(16)10-6-9(2)18-8-10/h4-5,7,9-10,14H,3,6,8H2,1-2H3. The van der Waals surface area contributed by atoms with Gasteiger partial charge >= 0.3 is 0 Å². The van der Waals surface area contributed by atoms with Gasteiger partial charge in [-0.15, -0.1) is 0 Å². The van der Waals surface area contributed by atoms with Crippen molar-refractivity contribution in [2.45, 2.75) is 31.2 Å². The molecular formula is C14H18Br2O2. The maximum absolute atomic E-state index is 5.64. The fraction of sp³-hybridized carbons (Fsp3) is 0.571. The monoisotopic (exact) mass is 376 g/mol. The van der Waals surface area contributed by atoms with E-state index in [0.717, 1.165) is 23.2 Å². The first-order valence-electron chi connectivity index (χ1n) is 6.29. The van der Waals surface area contributed by atoms with E-state index in [2.05, 4.69) is 44.8 Å². The highest BCUT2D eigenvalue weighted by atomic mass is 79.9. The van der Waals surface area contributed by atoms with Crippen LogP contribution in [0.25, 0.3) is 0 Å². The highest BCUT2D eigenvalue weighted by Crippen LogP contribution is 2.41. The number of ether oxygens (including phenoxy) is 2. The maximum atomic E-state index is 5.64. The van der Waals surface area contributed by atoms with Gasteiger partial charge in [0.05, 0.1) is 19.3 Å². The molecule has 100 valence electrons. The molecule has 0 saturated carbocycles. The molecule has 1 aliphatic rings. The number of hydrogen-bond donors (Lipinski definition) is 0. The van der Waals surface area contributed by atoms with E-state index in [-0.39, 0.29) is 0 Å². The molecule has 0 N–H and O–H groups in total. The third kappa shape index (κ3) is 3.28. The Kier molecular flexibility index (Phi) is 5.10. The molecule has 0 amide bonds. The van der Waals surface area contributed by atoms with Crippen LogP contribution in [0.1, 0.15) is 30.7 Å². The quantitative estimate of drug-likeness (QED) is 0.707. The van der Waals surface area contributed by atoms with Crippen molar-refractivity contribution >= 4 is 31.9 Å². The molecule has 1 saturated heterocycles. The van der Waals surface area contributed by atoms with E-state index in [1.807, 2.05) is 19.1 Å². The van der Waals surface area contributed by atoms with Gasteiger partial charge in [-0.2, -0.15) is 0 Å². The van der Waals surface area contributed by atoms with Crippen LogP contribution in [0.15, 0.2) is 22.7 Å². The zero-order valence-electron chi connectivity index (χ0n) is 10.7. The van der Waals surface area contributed by atoms with Crippen molar-refractivity contribution in [2.24, 2.45) is 5.92 Å². The number of benzene rings is 1. The zero-order chi connectivity index (χ0) is 13.1. The minimum Gasteiger partial charge on any atom is -0.494 e. The average molecular weight is 378 g/mol. The predicted octanol–water partition coefficient (Wildman–Crippen LogP) is 4.71. The summed E-state index contributed by atoms with van der Waals surface area (Å²) < 4.78 is 12.2. The summed E-state index contributed by atoms with van der Waals surface area (Å²) in [6.07, 6.45) is 1.48. The molecule has 0 radical (unpaired) electrons. The zero-order valence-corrected chi connectivity index (χ0v) is 13.8. The SMILES string of the molecule is CCOc1ccc(C(Br)C2COC(C)C2)c(Br)c1. The molecule has 4 heteroatoms. The van der Waals surface area contributed by atoms with Crippen LogP contribution < -0.4 is 4.74 Å². The third-order valence-corrected chi connectivity index (χ3v) is 5.15. The molecule has 0 spiro atoms. The summed E-state index contributed by atoms with van der Waals surface area (Å²) in [5.74, 6) is 1.44. The second-order valence-electron chi connectivity index (χ2n) is 4.66. The van der Waals surface area contributed by atoms with Crippen molar-refractivity contribution < 1.29 is 9.47 Å². The molecule has 3 unspecified atom stereocenters. The van der Waals surface area contributed by atoms with Crippen molar-refractivity contribution in [3.8, 4) is 5.75 Å². The summed E-state index contributed by atoms with van der Waals surface area (Å²) in [5.41, 5.74) is 1.26. The fourth-order valence-corrected chi connectivity index (χ4v) is 3.98. The highest BCUT2D eigenvalue weighted by Gasteiger charge is 2.30. The lowest BCUT2D eigenvalue weighted by Crippen LogP contribution is -2.08. The minimum atomic E-state index is 0.326. The van der Waals surface area contributed by atoms with Gasteiger partial charge in [-0.05, 0) is 38.0 Å². The van der Waals surface area contributed by atoms with E-state index in [4.69, 9.17) is 9.47 Å². The number of alkyl halides is 1. The Morgan fingerprint density at radius 2 is 2.28 bits per heavy atom. The highest BCUT2D eigenvalue weighted by molar-refractivity contribution is 9.11. The minimum absolute atomic E-state index is 0.326.